The fourth-order valence-electron chi connectivity index (χ4n) is 2.27. The van der Waals surface area contributed by atoms with E-state index in [1.54, 1.807) is 7.11 Å². The minimum atomic E-state index is 0.254. The van der Waals surface area contributed by atoms with Crippen LogP contribution >= 0.6 is 0 Å². The maximum Gasteiger partial charge on any atom is 0.0701 e. The molecule has 0 amide bonds. The van der Waals surface area contributed by atoms with Crippen molar-refractivity contribution in [3.05, 3.63) is 35.4 Å². The standard InChI is InChI=1S/C17H29NO2/c1-5-18-17(13-20-10-9-19-4)16-8-6-7-15(12-16)11-14(2)3/h6-8,12,14,17-18H,5,9-11,13H2,1-4H3. The van der Waals surface area contributed by atoms with Crippen molar-refractivity contribution < 1.29 is 9.47 Å². The first kappa shape index (κ1) is 17.2. The normalized spacial score (nSPS) is 12.8. The average molecular weight is 279 g/mol. The molecule has 0 radical (unpaired) electrons. The van der Waals surface area contributed by atoms with Gasteiger partial charge in [-0.25, -0.2) is 0 Å². The van der Waals surface area contributed by atoms with Gasteiger partial charge in [0.15, 0.2) is 0 Å². The van der Waals surface area contributed by atoms with Gasteiger partial charge < -0.3 is 14.8 Å². The molecule has 1 atom stereocenters. The van der Waals surface area contributed by atoms with Crippen molar-refractivity contribution in [3.8, 4) is 0 Å². The molecule has 1 N–H and O–H groups in total. The van der Waals surface area contributed by atoms with Gasteiger partial charge in [0.05, 0.1) is 25.9 Å². The maximum absolute atomic E-state index is 5.68. The first-order valence-corrected chi connectivity index (χ1v) is 7.56. The van der Waals surface area contributed by atoms with Crippen LogP contribution in [0.1, 0.15) is 37.9 Å². The highest BCUT2D eigenvalue weighted by molar-refractivity contribution is 5.26. The minimum absolute atomic E-state index is 0.254. The van der Waals surface area contributed by atoms with Crippen LogP contribution in [-0.4, -0.2) is 33.5 Å². The maximum atomic E-state index is 5.68. The fraction of sp³-hybridized carbons (Fsp3) is 0.647. The van der Waals surface area contributed by atoms with Crippen LogP contribution in [0.15, 0.2) is 24.3 Å². The van der Waals surface area contributed by atoms with E-state index < -0.39 is 0 Å². The molecule has 0 aromatic heterocycles. The molecule has 0 aliphatic carbocycles. The highest BCUT2D eigenvalue weighted by Gasteiger charge is 2.11. The summed E-state index contributed by atoms with van der Waals surface area (Å²) in [7, 11) is 1.69. The Morgan fingerprint density at radius 2 is 2.00 bits per heavy atom. The molecular formula is C17H29NO2. The summed E-state index contributed by atoms with van der Waals surface area (Å²) >= 11 is 0. The molecule has 0 saturated carbocycles. The average Bonchev–Trinajstić information content (AvgIpc) is 2.42. The SMILES string of the molecule is CCNC(COCCOC)c1cccc(CC(C)C)c1. The van der Waals surface area contributed by atoms with Gasteiger partial charge in [-0.15, -0.1) is 0 Å². The van der Waals surface area contributed by atoms with Gasteiger partial charge >= 0.3 is 0 Å². The zero-order valence-corrected chi connectivity index (χ0v) is 13.3. The third kappa shape index (κ3) is 6.51. The first-order valence-electron chi connectivity index (χ1n) is 7.56. The van der Waals surface area contributed by atoms with Crippen molar-refractivity contribution in [2.45, 2.75) is 33.2 Å². The van der Waals surface area contributed by atoms with Crippen LogP contribution in [0.4, 0.5) is 0 Å². The van der Waals surface area contributed by atoms with Gasteiger partial charge in [-0.05, 0) is 30.0 Å². The van der Waals surface area contributed by atoms with E-state index in [4.69, 9.17) is 9.47 Å². The number of ether oxygens (including phenoxy) is 2. The second-order valence-corrected chi connectivity index (χ2v) is 5.52. The topological polar surface area (TPSA) is 30.5 Å². The molecular weight excluding hydrogens is 250 g/mol. The lowest BCUT2D eigenvalue weighted by Crippen LogP contribution is -2.26. The van der Waals surface area contributed by atoms with E-state index in [9.17, 15) is 0 Å². The van der Waals surface area contributed by atoms with Crippen molar-refractivity contribution in [1.82, 2.24) is 5.32 Å². The molecule has 20 heavy (non-hydrogen) atoms. The van der Waals surface area contributed by atoms with E-state index >= 15 is 0 Å². The van der Waals surface area contributed by atoms with Crippen molar-refractivity contribution >= 4 is 0 Å². The van der Waals surface area contributed by atoms with Crippen LogP contribution in [0.3, 0.4) is 0 Å². The highest BCUT2D eigenvalue weighted by Crippen LogP contribution is 2.17. The molecule has 3 nitrogen and oxygen atoms in total. The molecule has 1 unspecified atom stereocenters. The summed E-state index contributed by atoms with van der Waals surface area (Å²) in [5.41, 5.74) is 2.71. The summed E-state index contributed by atoms with van der Waals surface area (Å²) in [6.45, 7) is 9.54. The molecule has 0 fully saturated rings. The molecule has 1 aromatic carbocycles. The molecule has 114 valence electrons. The third-order valence-corrected chi connectivity index (χ3v) is 3.16. The molecule has 0 saturated heterocycles. The second kappa shape index (κ2) is 9.92. The summed E-state index contributed by atoms with van der Waals surface area (Å²) < 4.78 is 10.7. The lowest BCUT2D eigenvalue weighted by Gasteiger charge is -2.19. The van der Waals surface area contributed by atoms with E-state index in [2.05, 4.69) is 50.4 Å². The van der Waals surface area contributed by atoms with Gasteiger partial charge in [0.25, 0.3) is 0 Å². The Kier molecular flexibility index (Phi) is 8.51. The summed E-state index contributed by atoms with van der Waals surface area (Å²) in [5, 5.41) is 3.49. The molecule has 1 rings (SSSR count). The number of methoxy groups -OCH3 is 1. The lowest BCUT2D eigenvalue weighted by molar-refractivity contribution is 0.0588. The Hall–Kier alpha value is -0.900. The number of hydrogen-bond acceptors (Lipinski definition) is 3. The lowest BCUT2D eigenvalue weighted by atomic mass is 9.98. The number of rotatable bonds is 10. The van der Waals surface area contributed by atoms with Crippen LogP contribution in [0.25, 0.3) is 0 Å². The van der Waals surface area contributed by atoms with E-state index in [0.29, 0.717) is 25.7 Å². The van der Waals surface area contributed by atoms with Gasteiger partial charge in [-0.1, -0.05) is 45.0 Å². The number of hydrogen-bond donors (Lipinski definition) is 1. The zero-order valence-electron chi connectivity index (χ0n) is 13.3. The van der Waals surface area contributed by atoms with E-state index in [1.807, 2.05) is 0 Å². The minimum Gasteiger partial charge on any atom is -0.382 e. The molecule has 0 bridgehead atoms. The summed E-state index contributed by atoms with van der Waals surface area (Å²) in [4.78, 5) is 0. The predicted octanol–water partition coefficient (Wildman–Crippen LogP) is 3.20. The van der Waals surface area contributed by atoms with Crippen LogP contribution in [0, 0.1) is 5.92 Å². The molecule has 0 aliphatic heterocycles. The molecule has 1 aromatic rings. The Bertz CT molecular complexity index is 366. The monoisotopic (exact) mass is 279 g/mol. The Morgan fingerprint density at radius 3 is 2.65 bits per heavy atom. The van der Waals surface area contributed by atoms with Crippen LogP contribution in [0.2, 0.25) is 0 Å². The summed E-state index contributed by atoms with van der Waals surface area (Å²) in [5.74, 6) is 0.681. The first-order chi connectivity index (χ1) is 9.67. The van der Waals surface area contributed by atoms with Gasteiger partial charge in [-0.3, -0.25) is 0 Å². The zero-order chi connectivity index (χ0) is 14.8. The molecule has 0 heterocycles. The highest BCUT2D eigenvalue weighted by atomic mass is 16.5. The predicted molar refractivity (Wildman–Crippen MR) is 84.1 cm³/mol. The number of benzene rings is 1. The Balaban J connectivity index is 2.64. The second-order valence-electron chi connectivity index (χ2n) is 5.52. The van der Waals surface area contributed by atoms with Gasteiger partial charge in [0.1, 0.15) is 0 Å². The molecule has 0 spiro atoms. The fourth-order valence-corrected chi connectivity index (χ4v) is 2.27. The van der Waals surface area contributed by atoms with Crippen LogP contribution < -0.4 is 5.32 Å². The van der Waals surface area contributed by atoms with Crippen molar-refractivity contribution in [3.63, 3.8) is 0 Å². The quantitative estimate of drug-likeness (QED) is 0.667. The smallest absolute Gasteiger partial charge is 0.0701 e. The molecule has 0 aliphatic rings. The number of likely N-dealkylation sites (N-methyl/N-ethyl adjacent to an activating group) is 1. The van der Waals surface area contributed by atoms with Gasteiger partial charge in [0, 0.05) is 7.11 Å². The number of nitrogens with one attached hydrogen (secondary N) is 1. The third-order valence-electron chi connectivity index (χ3n) is 3.16. The van der Waals surface area contributed by atoms with Gasteiger partial charge in [0.2, 0.25) is 0 Å². The van der Waals surface area contributed by atoms with Crippen molar-refractivity contribution in [1.29, 1.82) is 0 Å². The van der Waals surface area contributed by atoms with Crippen LogP contribution in [-0.2, 0) is 15.9 Å². The molecule has 3 heteroatoms. The Labute approximate surface area is 123 Å². The summed E-state index contributed by atoms with van der Waals surface area (Å²) in [6.07, 6.45) is 1.12. The Morgan fingerprint density at radius 1 is 1.20 bits per heavy atom. The van der Waals surface area contributed by atoms with Crippen molar-refractivity contribution in [2.24, 2.45) is 5.92 Å². The van der Waals surface area contributed by atoms with E-state index in [1.165, 1.54) is 11.1 Å². The van der Waals surface area contributed by atoms with E-state index in [0.717, 1.165) is 13.0 Å². The van der Waals surface area contributed by atoms with Gasteiger partial charge in [-0.2, -0.15) is 0 Å². The largest absolute Gasteiger partial charge is 0.382 e. The van der Waals surface area contributed by atoms with E-state index in [-0.39, 0.29) is 6.04 Å². The van der Waals surface area contributed by atoms with Crippen molar-refractivity contribution in [2.75, 3.05) is 33.5 Å². The summed E-state index contributed by atoms with van der Waals surface area (Å²) in [6, 6.07) is 9.08. The van der Waals surface area contributed by atoms with Crippen LogP contribution in [0.5, 0.6) is 0 Å².